The minimum Gasteiger partial charge on any atom is -0.492 e. The summed E-state index contributed by atoms with van der Waals surface area (Å²) in [4.78, 5) is 13.3. The van der Waals surface area contributed by atoms with E-state index in [0.717, 1.165) is 0 Å². The Balaban J connectivity index is 2.34. The first kappa shape index (κ1) is 15.4. The van der Waals surface area contributed by atoms with Gasteiger partial charge in [0, 0.05) is 25.1 Å². The molecule has 0 aliphatic carbocycles. The lowest BCUT2D eigenvalue weighted by Gasteiger charge is -2.23. The third-order valence-corrected chi connectivity index (χ3v) is 2.52. The fraction of sp³-hybridized carbons (Fsp3) is 0.500. The third-order valence-electron chi connectivity index (χ3n) is 2.52. The molecule has 106 valence electrons. The van der Waals surface area contributed by atoms with Gasteiger partial charge in [0.15, 0.2) is 0 Å². The van der Waals surface area contributed by atoms with Crippen LogP contribution >= 0.6 is 0 Å². The van der Waals surface area contributed by atoms with Crippen LogP contribution in [0, 0.1) is 5.82 Å². The zero-order chi connectivity index (χ0) is 14.5. The summed E-state index contributed by atoms with van der Waals surface area (Å²) < 4.78 is 18.3. The highest BCUT2D eigenvalue weighted by Gasteiger charge is 2.19. The highest BCUT2D eigenvalue weighted by atomic mass is 19.1. The molecule has 0 atom stereocenters. The van der Waals surface area contributed by atoms with Gasteiger partial charge in [0.2, 0.25) is 5.91 Å². The predicted octanol–water partition coefficient (Wildman–Crippen LogP) is 1.79. The number of amides is 1. The molecule has 0 bridgehead atoms. The monoisotopic (exact) mass is 268 g/mol. The maximum absolute atomic E-state index is 12.9. The second-order valence-corrected chi connectivity index (χ2v) is 5.29. The van der Waals surface area contributed by atoms with E-state index in [0.29, 0.717) is 18.9 Å². The van der Waals surface area contributed by atoms with E-state index in [1.807, 2.05) is 13.8 Å². The normalized spacial score (nSPS) is 11.2. The molecule has 0 saturated carbocycles. The molecule has 0 aliphatic rings. The van der Waals surface area contributed by atoms with Gasteiger partial charge in [0.25, 0.3) is 0 Å². The van der Waals surface area contributed by atoms with Crippen molar-refractivity contribution in [1.82, 2.24) is 4.90 Å². The van der Waals surface area contributed by atoms with Crippen molar-refractivity contribution in [3.63, 3.8) is 0 Å². The van der Waals surface area contributed by atoms with Crippen LogP contribution in [0.25, 0.3) is 0 Å². The van der Waals surface area contributed by atoms with E-state index in [4.69, 9.17) is 10.5 Å². The number of ether oxygens (including phenoxy) is 1. The van der Waals surface area contributed by atoms with E-state index in [1.54, 1.807) is 24.1 Å². The first-order valence-electron chi connectivity index (χ1n) is 6.19. The molecule has 0 unspecified atom stereocenters. The molecular weight excluding hydrogens is 247 g/mol. The maximum Gasteiger partial charge on any atom is 0.224 e. The molecule has 0 heterocycles. The first-order valence-corrected chi connectivity index (χ1v) is 6.19. The average Bonchev–Trinajstić information content (AvgIpc) is 2.26. The summed E-state index contributed by atoms with van der Waals surface area (Å²) >= 11 is 0. The number of carbonyl (C=O) groups is 1. The van der Waals surface area contributed by atoms with Crippen molar-refractivity contribution in [2.45, 2.75) is 25.8 Å². The minimum absolute atomic E-state index is 0.0321. The van der Waals surface area contributed by atoms with E-state index in [1.165, 1.54) is 12.1 Å². The Bertz CT molecular complexity index is 430. The van der Waals surface area contributed by atoms with Gasteiger partial charge >= 0.3 is 0 Å². The Morgan fingerprint density at radius 1 is 1.47 bits per heavy atom. The van der Waals surface area contributed by atoms with Crippen molar-refractivity contribution in [3.05, 3.63) is 30.1 Å². The summed E-state index contributed by atoms with van der Waals surface area (Å²) in [5.74, 6) is 0.0853. The number of halogens is 1. The van der Waals surface area contributed by atoms with Gasteiger partial charge in [0.1, 0.15) is 18.2 Å². The molecule has 0 radical (unpaired) electrons. The van der Waals surface area contributed by atoms with Crippen LogP contribution in [-0.4, -0.2) is 36.5 Å². The molecule has 1 amide bonds. The fourth-order valence-corrected chi connectivity index (χ4v) is 1.51. The Hall–Kier alpha value is -1.62. The van der Waals surface area contributed by atoms with Gasteiger partial charge in [-0.25, -0.2) is 4.39 Å². The lowest BCUT2D eigenvalue weighted by atomic mass is 10.0. The molecule has 4 nitrogen and oxygen atoms in total. The smallest absolute Gasteiger partial charge is 0.224 e. The third kappa shape index (κ3) is 6.20. The molecule has 5 heteroatoms. The van der Waals surface area contributed by atoms with E-state index < -0.39 is 5.54 Å². The highest BCUT2D eigenvalue weighted by Crippen LogP contribution is 2.12. The minimum atomic E-state index is -0.519. The number of nitrogens with two attached hydrogens (primary N) is 1. The van der Waals surface area contributed by atoms with Gasteiger partial charge in [-0.1, -0.05) is 6.07 Å². The van der Waals surface area contributed by atoms with Crippen molar-refractivity contribution in [3.8, 4) is 5.75 Å². The van der Waals surface area contributed by atoms with Crippen LogP contribution in [0.1, 0.15) is 20.3 Å². The Labute approximate surface area is 113 Å². The van der Waals surface area contributed by atoms with Crippen LogP contribution in [0.2, 0.25) is 0 Å². The largest absolute Gasteiger partial charge is 0.492 e. The van der Waals surface area contributed by atoms with E-state index in [2.05, 4.69) is 0 Å². The number of hydrogen-bond donors (Lipinski definition) is 1. The van der Waals surface area contributed by atoms with Crippen LogP contribution in [0.15, 0.2) is 24.3 Å². The summed E-state index contributed by atoms with van der Waals surface area (Å²) in [7, 11) is 1.70. The van der Waals surface area contributed by atoms with Crippen molar-refractivity contribution in [1.29, 1.82) is 0 Å². The van der Waals surface area contributed by atoms with Crippen LogP contribution in [0.5, 0.6) is 5.75 Å². The SMILES string of the molecule is CN(CCOc1cccc(F)c1)C(=O)CC(C)(C)N. The average molecular weight is 268 g/mol. The molecule has 0 saturated heterocycles. The molecule has 0 aliphatic heterocycles. The first-order chi connectivity index (χ1) is 8.78. The lowest BCUT2D eigenvalue weighted by molar-refractivity contribution is -0.131. The van der Waals surface area contributed by atoms with Crippen LogP contribution < -0.4 is 10.5 Å². The molecule has 1 aromatic rings. The summed E-state index contributed by atoms with van der Waals surface area (Å²) in [6.07, 6.45) is 0.281. The molecule has 0 fully saturated rings. The zero-order valence-electron chi connectivity index (χ0n) is 11.6. The molecule has 0 spiro atoms. The van der Waals surface area contributed by atoms with Crippen LogP contribution in [0.3, 0.4) is 0 Å². The summed E-state index contributed by atoms with van der Waals surface area (Å²) in [6, 6.07) is 5.92. The molecule has 1 rings (SSSR count). The van der Waals surface area contributed by atoms with Gasteiger partial charge in [-0.05, 0) is 26.0 Å². The van der Waals surface area contributed by atoms with Crippen LogP contribution in [-0.2, 0) is 4.79 Å². The Morgan fingerprint density at radius 2 is 2.16 bits per heavy atom. The highest BCUT2D eigenvalue weighted by molar-refractivity contribution is 5.77. The summed E-state index contributed by atoms with van der Waals surface area (Å²) in [5, 5.41) is 0. The standard InChI is InChI=1S/C14H21FN2O2/c1-14(2,16)10-13(18)17(3)7-8-19-12-6-4-5-11(15)9-12/h4-6,9H,7-8,10,16H2,1-3H3. The Morgan fingerprint density at radius 3 is 2.74 bits per heavy atom. The Kier molecular flexibility index (Phi) is 5.30. The summed E-state index contributed by atoms with van der Waals surface area (Å²) in [6.45, 7) is 4.37. The zero-order valence-corrected chi connectivity index (χ0v) is 11.6. The molecule has 1 aromatic carbocycles. The number of rotatable bonds is 6. The molecular formula is C14H21FN2O2. The second-order valence-electron chi connectivity index (χ2n) is 5.29. The van der Waals surface area contributed by atoms with Gasteiger partial charge < -0.3 is 15.4 Å². The van der Waals surface area contributed by atoms with Gasteiger partial charge in [-0.3, -0.25) is 4.79 Å². The number of hydrogen-bond acceptors (Lipinski definition) is 3. The van der Waals surface area contributed by atoms with Gasteiger partial charge in [-0.2, -0.15) is 0 Å². The molecule has 19 heavy (non-hydrogen) atoms. The molecule has 2 N–H and O–H groups in total. The second kappa shape index (κ2) is 6.52. The van der Waals surface area contributed by atoms with Crippen LogP contribution in [0.4, 0.5) is 4.39 Å². The van der Waals surface area contributed by atoms with Crippen molar-refractivity contribution < 1.29 is 13.9 Å². The summed E-state index contributed by atoms with van der Waals surface area (Å²) in [5.41, 5.74) is 5.27. The molecule has 0 aromatic heterocycles. The van der Waals surface area contributed by atoms with Crippen molar-refractivity contribution in [2.24, 2.45) is 5.73 Å². The lowest BCUT2D eigenvalue weighted by Crippen LogP contribution is -2.40. The van der Waals surface area contributed by atoms with Crippen molar-refractivity contribution in [2.75, 3.05) is 20.2 Å². The van der Waals surface area contributed by atoms with Crippen molar-refractivity contribution >= 4 is 5.91 Å². The number of carbonyl (C=O) groups excluding carboxylic acids is 1. The fourth-order valence-electron chi connectivity index (χ4n) is 1.51. The van der Waals surface area contributed by atoms with E-state index in [-0.39, 0.29) is 18.1 Å². The van der Waals surface area contributed by atoms with Gasteiger partial charge in [0.05, 0.1) is 6.54 Å². The number of likely N-dealkylation sites (N-methyl/N-ethyl adjacent to an activating group) is 1. The van der Waals surface area contributed by atoms with E-state index in [9.17, 15) is 9.18 Å². The predicted molar refractivity (Wildman–Crippen MR) is 72.4 cm³/mol. The topological polar surface area (TPSA) is 55.6 Å². The maximum atomic E-state index is 12.9. The quantitative estimate of drug-likeness (QED) is 0.855. The van der Waals surface area contributed by atoms with Gasteiger partial charge in [-0.15, -0.1) is 0 Å². The number of benzene rings is 1. The van der Waals surface area contributed by atoms with E-state index >= 15 is 0 Å². The number of nitrogens with zero attached hydrogens (tertiary/aromatic N) is 1.